The van der Waals surface area contributed by atoms with Crippen molar-refractivity contribution in [3.63, 3.8) is 0 Å². The van der Waals surface area contributed by atoms with Gasteiger partial charge in [0.2, 0.25) is 0 Å². The van der Waals surface area contributed by atoms with Crippen LogP contribution in [0.3, 0.4) is 0 Å². The Morgan fingerprint density at radius 1 is 0.968 bits per heavy atom. The molecule has 0 aliphatic carbocycles. The van der Waals surface area contributed by atoms with E-state index < -0.39 is 0 Å². The molecule has 2 aromatic carbocycles. The number of allylic oxidation sites excluding steroid dienone is 1. The Bertz CT molecular complexity index is 1240. The topological polar surface area (TPSA) is 31.7 Å². The largest absolute Gasteiger partial charge is 0.372 e. The smallest absolute Gasteiger partial charge is 0.0731 e. The van der Waals surface area contributed by atoms with Crippen LogP contribution in [-0.2, 0) is 6.42 Å². The first kappa shape index (κ1) is 19.8. The van der Waals surface area contributed by atoms with Gasteiger partial charge >= 0.3 is 0 Å². The van der Waals surface area contributed by atoms with Crippen LogP contribution < -0.4 is 0 Å². The number of benzene rings is 2. The minimum atomic E-state index is 0.705. The summed E-state index contributed by atoms with van der Waals surface area (Å²) in [6.07, 6.45) is 2.84. The molecule has 5 rings (SSSR count). The van der Waals surface area contributed by atoms with E-state index in [9.17, 15) is 0 Å². The standard InChI is InChI=1S/C26H25ClN4/c1-17(2)30-10-12-31(13-11-30)18(3)20-6-7-22-23(27)16-25(29-26(22)14-20)21-5-4-19-8-9-28-24(19)15-21/h4-7,9,14-16H,1,3,8,10-13H2,2H3. The number of aliphatic imine (C=N–C) groups is 1. The van der Waals surface area contributed by atoms with Gasteiger partial charge < -0.3 is 9.80 Å². The van der Waals surface area contributed by atoms with Crippen LogP contribution in [0.15, 0.2) is 66.3 Å². The molecule has 2 aliphatic rings. The van der Waals surface area contributed by atoms with Crippen LogP contribution in [0.5, 0.6) is 0 Å². The molecule has 5 heteroatoms. The number of piperazine rings is 1. The first-order valence-electron chi connectivity index (χ1n) is 10.6. The summed E-state index contributed by atoms with van der Waals surface area (Å²) < 4.78 is 0. The number of hydrogen-bond donors (Lipinski definition) is 0. The number of hydrogen-bond acceptors (Lipinski definition) is 4. The highest BCUT2D eigenvalue weighted by molar-refractivity contribution is 6.35. The molecular weight excluding hydrogens is 404 g/mol. The van der Waals surface area contributed by atoms with Gasteiger partial charge in [-0.05, 0) is 36.2 Å². The maximum atomic E-state index is 6.64. The molecule has 1 aromatic heterocycles. The molecule has 31 heavy (non-hydrogen) atoms. The third-order valence-electron chi connectivity index (χ3n) is 6.22. The lowest BCUT2D eigenvalue weighted by Gasteiger charge is -2.38. The van der Waals surface area contributed by atoms with Gasteiger partial charge in [0.1, 0.15) is 0 Å². The summed E-state index contributed by atoms with van der Waals surface area (Å²) in [5.41, 5.74) is 8.27. The molecule has 4 nitrogen and oxygen atoms in total. The van der Waals surface area contributed by atoms with E-state index in [0.29, 0.717) is 5.02 Å². The van der Waals surface area contributed by atoms with Crippen LogP contribution in [-0.4, -0.2) is 47.2 Å². The van der Waals surface area contributed by atoms with E-state index in [4.69, 9.17) is 16.6 Å². The summed E-state index contributed by atoms with van der Waals surface area (Å²) in [6.45, 7) is 14.3. The van der Waals surface area contributed by atoms with Crippen molar-refractivity contribution < 1.29 is 0 Å². The molecule has 0 saturated carbocycles. The summed E-state index contributed by atoms with van der Waals surface area (Å²) >= 11 is 6.64. The SMILES string of the molecule is C=C(C)N1CCN(C(=C)c2ccc3c(Cl)cc(-c4ccc5c(c4)N=CC5)nc3c2)CC1. The van der Waals surface area contributed by atoms with Crippen molar-refractivity contribution in [1.82, 2.24) is 14.8 Å². The highest BCUT2D eigenvalue weighted by atomic mass is 35.5. The van der Waals surface area contributed by atoms with Crippen LogP contribution in [0.4, 0.5) is 5.69 Å². The minimum Gasteiger partial charge on any atom is -0.372 e. The van der Waals surface area contributed by atoms with Crippen molar-refractivity contribution in [3.05, 3.63) is 77.5 Å². The third kappa shape index (κ3) is 3.72. The molecule has 0 amide bonds. The van der Waals surface area contributed by atoms with E-state index in [-0.39, 0.29) is 0 Å². The van der Waals surface area contributed by atoms with Gasteiger partial charge in [-0.2, -0.15) is 0 Å². The average molecular weight is 429 g/mol. The Labute approximate surface area is 188 Å². The second kappa shape index (κ2) is 7.86. The Morgan fingerprint density at radius 2 is 1.74 bits per heavy atom. The Morgan fingerprint density at radius 3 is 2.52 bits per heavy atom. The fourth-order valence-electron chi connectivity index (χ4n) is 4.31. The molecule has 3 aromatic rings. The van der Waals surface area contributed by atoms with Gasteiger partial charge in [0.15, 0.2) is 0 Å². The minimum absolute atomic E-state index is 0.705. The highest BCUT2D eigenvalue weighted by Crippen LogP contribution is 2.34. The first-order valence-corrected chi connectivity index (χ1v) is 11.0. The first-order chi connectivity index (χ1) is 15.0. The molecule has 1 saturated heterocycles. The van der Waals surface area contributed by atoms with Gasteiger partial charge in [0.25, 0.3) is 0 Å². The number of fused-ring (bicyclic) bond motifs is 2. The Hall–Kier alpha value is -3.11. The van der Waals surface area contributed by atoms with Crippen molar-refractivity contribution in [3.8, 4) is 11.3 Å². The lowest BCUT2D eigenvalue weighted by atomic mass is 10.0. The fraction of sp³-hybridized carbons (Fsp3) is 0.231. The zero-order valence-corrected chi connectivity index (χ0v) is 18.5. The molecule has 0 spiro atoms. The van der Waals surface area contributed by atoms with Gasteiger partial charge in [-0.15, -0.1) is 0 Å². The highest BCUT2D eigenvalue weighted by Gasteiger charge is 2.19. The zero-order valence-electron chi connectivity index (χ0n) is 17.7. The summed E-state index contributed by atoms with van der Waals surface area (Å²) in [5, 5.41) is 1.66. The van der Waals surface area contributed by atoms with Crippen LogP contribution in [0, 0.1) is 0 Å². The molecule has 0 bridgehead atoms. The van der Waals surface area contributed by atoms with Crippen molar-refractivity contribution >= 4 is 40.1 Å². The molecule has 156 valence electrons. The molecular formula is C26H25ClN4. The number of rotatable bonds is 4. The second-order valence-electron chi connectivity index (χ2n) is 8.24. The van der Waals surface area contributed by atoms with E-state index in [1.807, 2.05) is 18.3 Å². The van der Waals surface area contributed by atoms with Crippen molar-refractivity contribution in [2.45, 2.75) is 13.3 Å². The number of aromatic nitrogens is 1. The van der Waals surface area contributed by atoms with Gasteiger partial charge in [0, 0.05) is 61.2 Å². The van der Waals surface area contributed by atoms with E-state index in [1.54, 1.807) is 0 Å². The predicted molar refractivity (Wildman–Crippen MR) is 131 cm³/mol. The number of halogens is 1. The van der Waals surface area contributed by atoms with E-state index in [1.165, 1.54) is 5.56 Å². The zero-order chi connectivity index (χ0) is 21.5. The summed E-state index contributed by atoms with van der Waals surface area (Å²) in [6, 6.07) is 14.5. The summed E-state index contributed by atoms with van der Waals surface area (Å²) in [5.74, 6) is 0. The monoisotopic (exact) mass is 428 g/mol. The van der Waals surface area contributed by atoms with Crippen molar-refractivity contribution in [1.29, 1.82) is 0 Å². The number of nitrogens with zero attached hydrogens (tertiary/aromatic N) is 4. The molecule has 3 heterocycles. The van der Waals surface area contributed by atoms with Crippen LogP contribution in [0.25, 0.3) is 27.9 Å². The maximum Gasteiger partial charge on any atom is 0.0731 e. The molecule has 2 aliphatic heterocycles. The van der Waals surface area contributed by atoms with Gasteiger partial charge in [-0.3, -0.25) is 4.99 Å². The normalized spacial score (nSPS) is 15.4. The van der Waals surface area contributed by atoms with Crippen molar-refractivity contribution in [2.24, 2.45) is 4.99 Å². The van der Waals surface area contributed by atoms with Crippen molar-refractivity contribution in [2.75, 3.05) is 26.2 Å². The molecule has 0 unspecified atom stereocenters. The van der Waals surface area contributed by atoms with Crippen LogP contribution in [0.2, 0.25) is 5.02 Å². The number of pyridine rings is 1. The molecule has 0 N–H and O–H groups in total. The molecule has 0 atom stereocenters. The third-order valence-corrected chi connectivity index (χ3v) is 6.53. The second-order valence-corrected chi connectivity index (χ2v) is 8.64. The lowest BCUT2D eigenvalue weighted by Crippen LogP contribution is -2.44. The van der Waals surface area contributed by atoms with Gasteiger partial charge in [-0.1, -0.05) is 49.0 Å². The maximum absolute atomic E-state index is 6.64. The summed E-state index contributed by atoms with van der Waals surface area (Å²) in [4.78, 5) is 14.1. The van der Waals surface area contributed by atoms with Gasteiger partial charge in [0.05, 0.1) is 21.9 Å². The van der Waals surface area contributed by atoms with E-state index in [2.05, 4.69) is 65.2 Å². The quantitative estimate of drug-likeness (QED) is 0.515. The molecule has 1 fully saturated rings. The van der Waals surface area contributed by atoms with Crippen LogP contribution in [0.1, 0.15) is 18.1 Å². The summed E-state index contributed by atoms with van der Waals surface area (Å²) in [7, 11) is 0. The van der Waals surface area contributed by atoms with Crippen LogP contribution >= 0.6 is 11.6 Å². The predicted octanol–water partition coefficient (Wildman–Crippen LogP) is 5.94. The van der Waals surface area contributed by atoms with E-state index in [0.717, 1.165) is 77.4 Å². The average Bonchev–Trinajstić information content (AvgIpc) is 3.26. The fourth-order valence-corrected chi connectivity index (χ4v) is 4.58. The lowest BCUT2D eigenvalue weighted by molar-refractivity contribution is 0.215. The van der Waals surface area contributed by atoms with E-state index >= 15 is 0 Å². The molecule has 0 radical (unpaired) electrons. The Kier molecular flexibility index (Phi) is 5.03. The Balaban J connectivity index is 1.46. The van der Waals surface area contributed by atoms with Gasteiger partial charge in [-0.25, -0.2) is 4.98 Å².